The Morgan fingerprint density at radius 2 is 1.90 bits per heavy atom. The van der Waals surface area contributed by atoms with E-state index in [9.17, 15) is 0 Å². The molecule has 1 heterocycles. The van der Waals surface area contributed by atoms with Crippen molar-refractivity contribution in [3.63, 3.8) is 0 Å². The van der Waals surface area contributed by atoms with Crippen LogP contribution in [-0.2, 0) is 4.74 Å². The van der Waals surface area contributed by atoms with Gasteiger partial charge in [-0.3, -0.25) is 0 Å². The van der Waals surface area contributed by atoms with Crippen LogP contribution in [0.5, 0.6) is 0 Å². The first-order chi connectivity index (χ1) is 4.66. The molecule has 0 radical (unpaired) electrons. The van der Waals surface area contributed by atoms with Crippen LogP contribution >= 0.6 is 15.9 Å². The Labute approximate surface area is 66.6 Å². The molecule has 0 bridgehead atoms. The summed E-state index contributed by atoms with van der Waals surface area (Å²) in [5.41, 5.74) is 0. The van der Waals surface area contributed by atoms with Gasteiger partial charge in [0.1, 0.15) is 23.3 Å². The highest BCUT2D eigenvalue weighted by Gasteiger charge is 2.40. The number of halogens is 1. The van der Waals surface area contributed by atoms with E-state index in [2.05, 4.69) is 15.9 Å². The SMILES string of the molecule is OC[C@H]1OC(Br)[C@H](O)[C@@H]1O. The van der Waals surface area contributed by atoms with E-state index < -0.39 is 23.3 Å². The molecule has 4 atom stereocenters. The average molecular weight is 213 g/mol. The molecule has 0 aromatic carbocycles. The molecule has 0 aromatic heterocycles. The fourth-order valence-corrected chi connectivity index (χ4v) is 1.44. The van der Waals surface area contributed by atoms with Crippen LogP contribution in [0.1, 0.15) is 0 Å². The molecule has 5 heteroatoms. The Balaban J connectivity index is 2.53. The Hall–Kier alpha value is 0.320. The van der Waals surface area contributed by atoms with Gasteiger partial charge in [-0.15, -0.1) is 0 Å². The van der Waals surface area contributed by atoms with Gasteiger partial charge in [-0.05, 0) is 0 Å². The fourth-order valence-electron chi connectivity index (χ4n) is 0.854. The molecule has 0 aromatic rings. The van der Waals surface area contributed by atoms with Gasteiger partial charge in [0, 0.05) is 0 Å². The van der Waals surface area contributed by atoms with Gasteiger partial charge in [0.15, 0.2) is 0 Å². The van der Waals surface area contributed by atoms with Crippen molar-refractivity contribution < 1.29 is 20.1 Å². The third kappa shape index (κ3) is 1.33. The minimum atomic E-state index is -0.991. The highest BCUT2D eigenvalue weighted by atomic mass is 79.9. The molecule has 4 nitrogen and oxygen atoms in total. The minimum Gasteiger partial charge on any atom is -0.394 e. The van der Waals surface area contributed by atoms with Gasteiger partial charge in [-0.25, -0.2) is 0 Å². The maximum atomic E-state index is 9.06. The van der Waals surface area contributed by atoms with Gasteiger partial charge in [-0.2, -0.15) is 0 Å². The molecule has 10 heavy (non-hydrogen) atoms. The summed E-state index contributed by atoms with van der Waals surface area (Å²) >= 11 is 2.98. The third-order valence-electron chi connectivity index (χ3n) is 1.48. The molecular weight excluding hydrogens is 204 g/mol. The minimum absolute atomic E-state index is 0.277. The zero-order valence-corrected chi connectivity index (χ0v) is 6.73. The summed E-state index contributed by atoms with van der Waals surface area (Å²) in [7, 11) is 0. The highest BCUT2D eigenvalue weighted by molar-refractivity contribution is 9.09. The van der Waals surface area contributed by atoms with Crippen molar-refractivity contribution >= 4 is 15.9 Å². The quantitative estimate of drug-likeness (QED) is 0.479. The Bertz CT molecular complexity index is 120. The molecule has 1 rings (SSSR count). The third-order valence-corrected chi connectivity index (χ3v) is 2.24. The highest BCUT2D eigenvalue weighted by Crippen LogP contribution is 2.24. The Kier molecular flexibility index (Phi) is 2.65. The number of alkyl halides is 1. The van der Waals surface area contributed by atoms with E-state index >= 15 is 0 Å². The van der Waals surface area contributed by atoms with E-state index in [1.165, 1.54) is 0 Å². The second kappa shape index (κ2) is 3.15. The van der Waals surface area contributed by atoms with Gasteiger partial charge >= 0.3 is 0 Å². The van der Waals surface area contributed by atoms with Crippen molar-refractivity contribution in [3.8, 4) is 0 Å². The number of aliphatic hydroxyl groups excluding tert-OH is 3. The van der Waals surface area contributed by atoms with Gasteiger partial charge in [0.05, 0.1) is 6.61 Å². The maximum absolute atomic E-state index is 9.06. The lowest BCUT2D eigenvalue weighted by Crippen LogP contribution is -2.32. The molecule has 60 valence electrons. The van der Waals surface area contributed by atoms with Crippen LogP contribution in [0.4, 0.5) is 0 Å². The van der Waals surface area contributed by atoms with E-state index in [-0.39, 0.29) is 6.61 Å². The first kappa shape index (κ1) is 8.42. The van der Waals surface area contributed by atoms with Crippen molar-refractivity contribution in [3.05, 3.63) is 0 Å². The number of aliphatic hydroxyl groups is 3. The predicted molar refractivity (Wildman–Crippen MR) is 36.7 cm³/mol. The molecule has 0 aliphatic carbocycles. The van der Waals surface area contributed by atoms with Crippen LogP contribution in [0.15, 0.2) is 0 Å². The summed E-state index contributed by atoms with van der Waals surface area (Å²) in [6.45, 7) is -0.277. The summed E-state index contributed by atoms with van der Waals surface area (Å²) in [5, 5.41) is 26.1. The molecule has 1 aliphatic rings. The van der Waals surface area contributed by atoms with Crippen LogP contribution in [0.3, 0.4) is 0 Å². The van der Waals surface area contributed by atoms with Crippen molar-refractivity contribution in [2.45, 2.75) is 23.3 Å². The standard InChI is InChI=1S/C5H9BrO4/c6-5-4(9)3(8)2(1-7)10-5/h2-5,7-9H,1H2/t2-,3-,4-,5?/m1/s1. The molecule has 1 fully saturated rings. The van der Waals surface area contributed by atoms with Gasteiger partial charge in [0.2, 0.25) is 0 Å². The van der Waals surface area contributed by atoms with Crippen LogP contribution in [-0.4, -0.2) is 45.3 Å². The molecule has 1 aliphatic heterocycles. The lowest BCUT2D eigenvalue weighted by molar-refractivity contribution is -0.00760. The summed E-state index contributed by atoms with van der Waals surface area (Å²) in [6.07, 6.45) is -2.61. The average Bonchev–Trinajstić information content (AvgIpc) is 2.17. The van der Waals surface area contributed by atoms with Crippen LogP contribution < -0.4 is 0 Å². The molecule has 3 N–H and O–H groups in total. The molecule has 0 saturated carbocycles. The van der Waals surface area contributed by atoms with Crippen molar-refractivity contribution in [2.24, 2.45) is 0 Å². The van der Waals surface area contributed by atoms with Gasteiger partial charge in [0.25, 0.3) is 0 Å². The summed E-state index contributed by atoms with van der Waals surface area (Å²) in [5.74, 6) is 0. The smallest absolute Gasteiger partial charge is 0.141 e. The number of hydrogen-bond acceptors (Lipinski definition) is 4. The summed E-state index contributed by atoms with van der Waals surface area (Å²) in [4.78, 5) is 0. The summed E-state index contributed by atoms with van der Waals surface area (Å²) in [6, 6.07) is 0. The van der Waals surface area contributed by atoms with E-state index in [0.717, 1.165) is 0 Å². The Morgan fingerprint density at radius 3 is 2.10 bits per heavy atom. The maximum Gasteiger partial charge on any atom is 0.141 e. The zero-order chi connectivity index (χ0) is 7.72. The topological polar surface area (TPSA) is 69.9 Å². The van der Waals surface area contributed by atoms with E-state index in [1.54, 1.807) is 0 Å². The number of hydrogen-bond donors (Lipinski definition) is 3. The van der Waals surface area contributed by atoms with Crippen molar-refractivity contribution in [1.82, 2.24) is 0 Å². The molecule has 1 unspecified atom stereocenters. The monoisotopic (exact) mass is 212 g/mol. The lowest BCUT2D eigenvalue weighted by Gasteiger charge is -2.09. The number of rotatable bonds is 1. The molecule has 1 saturated heterocycles. The van der Waals surface area contributed by atoms with Crippen molar-refractivity contribution in [2.75, 3.05) is 6.61 Å². The van der Waals surface area contributed by atoms with Crippen LogP contribution in [0, 0.1) is 0 Å². The van der Waals surface area contributed by atoms with Crippen molar-refractivity contribution in [1.29, 1.82) is 0 Å². The predicted octanol–water partition coefficient (Wildman–Crippen LogP) is -1.18. The molecule has 0 amide bonds. The normalized spacial score (nSPS) is 48.0. The molecular formula is C5H9BrO4. The first-order valence-corrected chi connectivity index (χ1v) is 3.85. The van der Waals surface area contributed by atoms with Crippen LogP contribution in [0.2, 0.25) is 0 Å². The zero-order valence-electron chi connectivity index (χ0n) is 5.14. The lowest BCUT2D eigenvalue weighted by atomic mass is 10.2. The number of ether oxygens (including phenoxy) is 1. The van der Waals surface area contributed by atoms with E-state index in [4.69, 9.17) is 20.1 Å². The van der Waals surface area contributed by atoms with Crippen LogP contribution in [0.25, 0.3) is 0 Å². The first-order valence-electron chi connectivity index (χ1n) is 2.93. The largest absolute Gasteiger partial charge is 0.394 e. The fraction of sp³-hybridized carbons (Fsp3) is 1.00. The van der Waals surface area contributed by atoms with Gasteiger partial charge in [-0.1, -0.05) is 15.9 Å². The van der Waals surface area contributed by atoms with Gasteiger partial charge < -0.3 is 20.1 Å². The van der Waals surface area contributed by atoms with E-state index in [1.807, 2.05) is 0 Å². The Morgan fingerprint density at radius 1 is 1.30 bits per heavy atom. The summed E-state index contributed by atoms with van der Waals surface area (Å²) < 4.78 is 4.90. The second-order valence-electron chi connectivity index (χ2n) is 2.19. The molecule has 0 spiro atoms. The second-order valence-corrected chi connectivity index (χ2v) is 3.09. The van der Waals surface area contributed by atoms with E-state index in [0.29, 0.717) is 0 Å².